The third-order valence-corrected chi connectivity index (χ3v) is 4.21. The zero-order valence-corrected chi connectivity index (χ0v) is 14.3. The molecule has 0 saturated heterocycles. The summed E-state index contributed by atoms with van der Waals surface area (Å²) < 4.78 is 5.77. The maximum atomic E-state index is 11.9. The van der Waals surface area contributed by atoms with Gasteiger partial charge < -0.3 is 10.5 Å². The SMILES string of the molecule is NC(=O)C(Cc1ccccc1)c1ccc(Oc2ccc(Cl)cc2)cc1. The molecule has 1 unspecified atom stereocenters. The minimum Gasteiger partial charge on any atom is -0.457 e. The van der Waals surface area contributed by atoms with E-state index in [1.807, 2.05) is 54.6 Å². The summed E-state index contributed by atoms with van der Waals surface area (Å²) in [5.74, 6) is 0.684. The Morgan fingerprint density at radius 3 is 2.00 bits per heavy atom. The number of nitrogens with two attached hydrogens (primary N) is 1. The molecule has 0 heterocycles. The van der Waals surface area contributed by atoms with E-state index in [1.54, 1.807) is 24.3 Å². The third kappa shape index (κ3) is 4.61. The van der Waals surface area contributed by atoms with Gasteiger partial charge in [-0.15, -0.1) is 0 Å². The fraction of sp³-hybridized carbons (Fsp3) is 0.0952. The van der Waals surface area contributed by atoms with Crippen LogP contribution in [0.2, 0.25) is 5.02 Å². The zero-order valence-electron chi connectivity index (χ0n) is 13.6. The molecule has 3 aromatic carbocycles. The Morgan fingerprint density at radius 1 is 0.880 bits per heavy atom. The second-order valence-electron chi connectivity index (χ2n) is 5.77. The van der Waals surface area contributed by atoms with Gasteiger partial charge in [-0.25, -0.2) is 0 Å². The molecule has 1 atom stereocenters. The van der Waals surface area contributed by atoms with E-state index in [2.05, 4.69) is 0 Å². The van der Waals surface area contributed by atoms with Crippen molar-refractivity contribution in [1.29, 1.82) is 0 Å². The molecule has 0 radical (unpaired) electrons. The fourth-order valence-corrected chi connectivity index (χ4v) is 2.77. The van der Waals surface area contributed by atoms with Crippen LogP contribution in [0.25, 0.3) is 0 Å². The van der Waals surface area contributed by atoms with Crippen LogP contribution in [0, 0.1) is 0 Å². The molecule has 0 saturated carbocycles. The molecular weight excluding hydrogens is 334 g/mol. The molecule has 0 fully saturated rings. The standard InChI is InChI=1S/C21H18ClNO2/c22-17-8-12-19(13-9-17)25-18-10-6-16(7-11-18)20(21(23)24)14-15-4-2-1-3-5-15/h1-13,20H,14H2,(H2,23,24). The van der Waals surface area contributed by atoms with Gasteiger partial charge >= 0.3 is 0 Å². The minimum absolute atomic E-state index is 0.338. The number of hydrogen-bond donors (Lipinski definition) is 1. The molecule has 25 heavy (non-hydrogen) atoms. The van der Waals surface area contributed by atoms with Gasteiger partial charge in [0.1, 0.15) is 11.5 Å². The zero-order chi connectivity index (χ0) is 17.6. The second-order valence-corrected chi connectivity index (χ2v) is 6.21. The van der Waals surface area contributed by atoms with Crippen molar-refractivity contribution in [3.05, 3.63) is 95.0 Å². The van der Waals surface area contributed by atoms with Crippen LogP contribution < -0.4 is 10.5 Å². The van der Waals surface area contributed by atoms with Crippen molar-refractivity contribution in [1.82, 2.24) is 0 Å². The first-order valence-corrected chi connectivity index (χ1v) is 8.36. The summed E-state index contributed by atoms with van der Waals surface area (Å²) in [4.78, 5) is 11.9. The number of rotatable bonds is 6. The van der Waals surface area contributed by atoms with E-state index in [0.29, 0.717) is 22.9 Å². The lowest BCUT2D eigenvalue weighted by Crippen LogP contribution is -2.23. The van der Waals surface area contributed by atoms with Crippen LogP contribution in [0.1, 0.15) is 17.0 Å². The Labute approximate surface area is 152 Å². The first-order valence-electron chi connectivity index (χ1n) is 7.98. The highest BCUT2D eigenvalue weighted by atomic mass is 35.5. The number of benzene rings is 3. The molecule has 126 valence electrons. The third-order valence-electron chi connectivity index (χ3n) is 3.96. The first kappa shape index (κ1) is 17.1. The van der Waals surface area contributed by atoms with Gasteiger partial charge in [-0.3, -0.25) is 4.79 Å². The lowest BCUT2D eigenvalue weighted by Gasteiger charge is -2.15. The summed E-state index contributed by atoms with van der Waals surface area (Å²) in [6.07, 6.45) is 0.577. The van der Waals surface area contributed by atoms with E-state index >= 15 is 0 Å². The topological polar surface area (TPSA) is 52.3 Å². The molecule has 0 bridgehead atoms. The van der Waals surface area contributed by atoms with E-state index in [0.717, 1.165) is 11.1 Å². The Balaban J connectivity index is 1.74. The van der Waals surface area contributed by atoms with Crippen molar-refractivity contribution in [3.63, 3.8) is 0 Å². The monoisotopic (exact) mass is 351 g/mol. The van der Waals surface area contributed by atoms with Gasteiger partial charge in [-0.2, -0.15) is 0 Å². The van der Waals surface area contributed by atoms with E-state index in [-0.39, 0.29) is 11.8 Å². The summed E-state index contributed by atoms with van der Waals surface area (Å²) >= 11 is 5.87. The van der Waals surface area contributed by atoms with Crippen LogP contribution in [-0.2, 0) is 11.2 Å². The fourth-order valence-electron chi connectivity index (χ4n) is 2.64. The number of hydrogen-bond acceptors (Lipinski definition) is 2. The minimum atomic E-state index is -0.369. The number of carbonyl (C=O) groups is 1. The van der Waals surface area contributed by atoms with Crippen LogP contribution in [0.3, 0.4) is 0 Å². The summed E-state index contributed by atoms with van der Waals surface area (Å²) in [6, 6.07) is 24.4. The van der Waals surface area contributed by atoms with Gasteiger partial charge in [0.25, 0.3) is 0 Å². The van der Waals surface area contributed by atoms with Crippen molar-refractivity contribution >= 4 is 17.5 Å². The summed E-state index contributed by atoms with van der Waals surface area (Å²) in [6.45, 7) is 0. The molecule has 0 aliphatic rings. The molecule has 1 amide bonds. The van der Waals surface area contributed by atoms with E-state index < -0.39 is 0 Å². The maximum Gasteiger partial charge on any atom is 0.225 e. The van der Waals surface area contributed by atoms with Crippen molar-refractivity contribution < 1.29 is 9.53 Å². The van der Waals surface area contributed by atoms with Crippen LogP contribution in [0.15, 0.2) is 78.9 Å². The van der Waals surface area contributed by atoms with Crippen molar-refractivity contribution in [2.45, 2.75) is 12.3 Å². The molecular formula is C21H18ClNO2. The highest BCUT2D eigenvalue weighted by Crippen LogP contribution is 2.26. The Morgan fingerprint density at radius 2 is 1.44 bits per heavy atom. The smallest absolute Gasteiger partial charge is 0.225 e. The summed E-state index contributed by atoms with van der Waals surface area (Å²) in [7, 11) is 0. The highest BCUT2D eigenvalue weighted by Gasteiger charge is 2.18. The Kier molecular flexibility index (Phi) is 5.36. The molecule has 0 aliphatic carbocycles. The molecule has 0 aliphatic heterocycles. The Bertz CT molecular complexity index is 830. The average Bonchev–Trinajstić information content (AvgIpc) is 2.63. The van der Waals surface area contributed by atoms with Gasteiger partial charge in [0, 0.05) is 5.02 Å². The lowest BCUT2D eigenvalue weighted by atomic mass is 9.91. The van der Waals surface area contributed by atoms with Crippen LogP contribution in [0.4, 0.5) is 0 Å². The number of ether oxygens (including phenoxy) is 1. The van der Waals surface area contributed by atoms with Gasteiger partial charge in [0.2, 0.25) is 5.91 Å². The maximum absolute atomic E-state index is 11.9. The molecule has 3 rings (SSSR count). The van der Waals surface area contributed by atoms with Gasteiger partial charge in [0.05, 0.1) is 5.92 Å². The predicted molar refractivity (Wildman–Crippen MR) is 100 cm³/mol. The van der Waals surface area contributed by atoms with E-state index in [1.165, 1.54) is 0 Å². The van der Waals surface area contributed by atoms with Gasteiger partial charge in [-0.05, 0) is 53.9 Å². The quantitative estimate of drug-likeness (QED) is 0.683. The van der Waals surface area contributed by atoms with Crippen LogP contribution in [-0.4, -0.2) is 5.91 Å². The average molecular weight is 352 g/mol. The molecule has 3 aromatic rings. The molecule has 0 aromatic heterocycles. The van der Waals surface area contributed by atoms with E-state index in [9.17, 15) is 4.79 Å². The summed E-state index contributed by atoms with van der Waals surface area (Å²) in [5.41, 5.74) is 7.56. The molecule has 4 heteroatoms. The van der Waals surface area contributed by atoms with Crippen molar-refractivity contribution in [2.75, 3.05) is 0 Å². The summed E-state index contributed by atoms with van der Waals surface area (Å²) in [5, 5.41) is 0.660. The number of amides is 1. The van der Waals surface area contributed by atoms with Crippen molar-refractivity contribution in [3.8, 4) is 11.5 Å². The van der Waals surface area contributed by atoms with Gasteiger partial charge in [-0.1, -0.05) is 54.1 Å². The first-order chi connectivity index (χ1) is 12.1. The second kappa shape index (κ2) is 7.86. The number of carbonyl (C=O) groups excluding carboxylic acids is 1. The highest BCUT2D eigenvalue weighted by molar-refractivity contribution is 6.30. The molecule has 0 spiro atoms. The Hall–Kier alpha value is -2.78. The number of halogens is 1. The van der Waals surface area contributed by atoms with Crippen LogP contribution in [0.5, 0.6) is 11.5 Å². The van der Waals surface area contributed by atoms with E-state index in [4.69, 9.17) is 22.1 Å². The normalized spacial score (nSPS) is 11.7. The van der Waals surface area contributed by atoms with Gasteiger partial charge in [0.15, 0.2) is 0 Å². The lowest BCUT2D eigenvalue weighted by molar-refractivity contribution is -0.119. The predicted octanol–water partition coefficient (Wildman–Crippen LogP) is 4.94. The molecule has 3 nitrogen and oxygen atoms in total. The van der Waals surface area contributed by atoms with Crippen molar-refractivity contribution in [2.24, 2.45) is 5.73 Å². The largest absolute Gasteiger partial charge is 0.457 e. The molecule has 2 N–H and O–H groups in total. The van der Waals surface area contributed by atoms with Crippen LogP contribution >= 0.6 is 11.6 Å². The number of primary amides is 1.